The third-order valence-corrected chi connectivity index (χ3v) is 4.79. The second-order valence-corrected chi connectivity index (χ2v) is 7.12. The van der Waals surface area contributed by atoms with Gasteiger partial charge in [0.2, 0.25) is 0 Å². The fourth-order valence-electron chi connectivity index (χ4n) is 3.55. The molecule has 0 saturated heterocycles. The zero-order valence-electron chi connectivity index (χ0n) is 12.9. The van der Waals surface area contributed by atoms with Crippen LogP contribution in [-0.4, -0.2) is 0 Å². The molecule has 0 heterocycles. The van der Waals surface area contributed by atoms with Gasteiger partial charge in [0.05, 0.1) is 0 Å². The topological polar surface area (TPSA) is 26.0 Å². The molecule has 1 saturated carbocycles. The lowest BCUT2D eigenvalue weighted by atomic mass is 9.67. The van der Waals surface area contributed by atoms with E-state index in [-0.39, 0.29) is 5.54 Å². The monoisotopic (exact) mass is 259 g/mol. The van der Waals surface area contributed by atoms with E-state index in [0.29, 0.717) is 11.8 Å². The van der Waals surface area contributed by atoms with E-state index < -0.39 is 0 Å². The summed E-state index contributed by atoms with van der Waals surface area (Å²) < 4.78 is 0. The number of benzene rings is 1. The molecule has 1 nitrogen and oxygen atoms in total. The standard InChI is InChI=1S/C18H29N/c1-13(2)10-16-6-5-7-17(12-16)18(19)9-8-14(3)11-15(18)4/h5-7,12-15H,8-11,19H2,1-4H3. The van der Waals surface area contributed by atoms with Gasteiger partial charge in [0.25, 0.3) is 0 Å². The largest absolute Gasteiger partial charge is 0.321 e. The van der Waals surface area contributed by atoms with E-state index in [0.717, 1.165) is 18.8 Å². The van der Waals surface area contributed by atoms with E-state index in [1.165, 1.54) is 24.0 Å². The minimum absolute atomic E-state index is 0.112. The lowest BCUT2D eigenvalue weighted by Crippen LogP contribution is -2.46. The van der Waals surface area contributed by atoms with Crippen LogP contribution >= 0.6 is 0 Å². The Bertz CT molecular complexity index is 423. The van der Waals surface area contributed by atoms with Crippen molar-refractivity contribution < 1.29 is 0 Å². The van der Waals surface area contributed by atoms with Crippen LogP contribution in [0.3, 0.4) is 0 Å². The van der Waals surface area contributed by atoms with Gasteiger partial charge in [0.1, 0.15) is 0 Å². The van der Waals surface area contributed by atoms with Crippen molar-refractivity contribution in [2.45, 2.75) is 58.9 Å². The van der Waals surface area contributed by atoms with Gasteiger partial charge in [-0.25, -0.2) is 0 Å². The van der Waals surface area contributed by atoms with Crippen molar-refractivity contribution in [2.24, 2.45) is 23.5 Å². The zero-order valence-corrected chi connectivity index (χ0v) is 12.9. The van der Waals surface area contributed by atoms with Crippen molar-refractivity contribution in [1.29, 1.82) is 0 Å². The van der Waals surface area contributed by atoms with Gasteiger partial charge < -0.3 is 5.73 Å². The first-order valence-electron chi connectivity index (χ1n) is 7.80. The van der Waals surface area contributed by atoms with Crippen LogP contribution in [0.2, 0.25) is 0 Å². The van der Waals surface area contributed by atoms with Crippen LogP contribution in [-0.2, 0) is 12.0 Å². The molecule has 19 heavy (non-hydrogen) atoms. The SMILES string of the molecule is CC(C)Cc1cccc(C2(N)CCC(C)CC2C)c1. The Labute approximate surface area is 118 Å². The fraction of sp³-hybridized carbons (Fsp3) is 0.667. The van der Waals surface area contributed by atoms with Crippen molar-refractivity contribution >= 4 is 0 Å². The summed E-state index contributed by atoms with van der Waals surface area (Å²) in [5, 5.41) is 0. The van der Waals surface area contributed by atoms with Gasteiger partial charge in [-0.1, -0.05) is 52.0 Å². The van der Waals surface area contributed by atoms with E-state index in [1.807, 2.05) is 0 Å². The van der Waals surface area contributed by atoms with Gasteiger partial charge in [-0.05, 0) is 54.6 Å². The normalized spacial score (nSPS) is 31.7. The molecule has 1 fully saturated rings. The van der Waals surface area contributed by atoms with Crippen LogP contribution in [0.5, 0.6) is 0 Å². The minimum Gasteiger partial charge on any atom is -0.321 e. The maximum Gasteiger partial charge on any atom is 0.0435 e. The average Bonchev–Trinajstić information content (AvgIpc) is 2.34. The van der Waals surface area contributed by atoms with E-state index in [4.69, 9.17) is 5.73 Å². The highest BCUT2D eigenvalue weighted by atomic mass is 14.8. The molecule has 0 radical (unpaired) electrons. The summed E-state index contributed by atoms with van der Waals surface area (Å²) in [5.74, 6) is 2.10. The predicted octanol–water partition coefficient (Wildman–Crippen LogP) is 4.50. The number of hydrogen-bond donors (Lipinski definition) is 1. The van der Waals surface area contributed by atoms with Gasteiger partial charge >= 0.3 is 0 Å². The first-order valence-corrected chi connectivity index (χ1v) is 7.80. The summed E-state index contributed by atoms with van der Waals surface area (Å²) >= 11 is 0. The molecule has 1 aromatic rings. The van der Waals surface area contributed by atoms with Crippen molar-refractivity contribution in [2.75, 3.05) is 0 Å². The molecule has 1 aromatic carbocycles. The van der Waals surface area contributed by atoms with Crippen molar-refractivity contribution in [1.82, 2.24) is 0 Å². The Kier molecular flexibility index (Phi) is 4.35. The second-order valence-electron chi connectivity index (χ2n) is 7.12. The molecular formula is C18H29N. The molecule has 1 aliphatic rings. The maximum atomic E-state index is 6.79. The summed E-state index contributed by atoms with van der Waals surface area (Å²) in [6, 6.07) is 9.01. The summed E-state index contributed by atoms with van der Waals surface area (Å²) in [6.45, 7) is 9.22. The van der Waals surface area contributed by atoms with Crippen LogP contribution in [0, 0.1) is 17.8 Å². The number of hydrogen-bond acceptors (Lipinski definition) is 1. The average molecular weight is 259 g/mol. The Hall–Kier alpha value is -0.820. The first kappa shape index (κ1) is 14.6. The van der Waals surface area contributed by atoms with E-state index >= 15 is 0 Å². The Morgan fingerprint density at radius 1 is 1.32 bits per heavy atom. The molecule has 3 atom stereocenters. The molecule has 0 spiro atoms. The number of rotatable bonds is 3. The van der Waals surface area contributed by atoms with E-state index in [9.17, 15) is 0 Å². The smallest absolute Gasteiger partial charge is 0.0435 e. The summed E-state index contributed by atoms with van der Waals surface area (Å²) in [7, 11) is 0. The lowest BCUT2D eigenvalue weighted by Gasteiger charge is -2.42. The van der Waals surface area contributed by atoms with Gasteiger partial charge in [-0.15, -0.1) is 0 Å². The van der Waals surface area contributed by atoms with Crippen molar-refractivity contribution in [3.63, 3.8) is 0 Å². The van der Waals surface area contributed by atoms with Crippen molar-refractivity contribution in [3.8, 4) is 0 Å². The van der Waals surface area contributed by atoms with E-state index in [1.54, 1.807) is 0 Å². The summed E-state index contributed by atoms with van der Waals surface area (Å²) in [6.07, 6.45) is 4.79. The first-order chi connectivity index (χ1) is 8.91. The van der Waals surface area contributed by atoms with Crippen LogP contribution < -0.4 is 5.73 Å². The molecule has 2 N–H and O–H groups in total. The second kappa shape index (κ2) is 5.66. The third kappa shape index (κ3) is 3.20. The fourth-order valence-corrected chi connectivity index (χ4v) is 3.55. The molecule has 0 aliphatic heterocycles. The Balaban J connectivity index is 2.25. The van der Waals surface area contributed by atoms with Crippen LogP contribution in [0.1, 0.15) is 58.1 Å². The molecule has 0 aromatic heterocycles. The van der Waals surface area contributed by atoms with Crippen LogP contribution in [0.25, 0.3) is 0 Å². The third-order valence-electron chi connectivity index (χ3n) is 4.79. The molecule has 0 amide bonds. The molecule has 3 unspecified atom stereocenters. The molecule has 1 aliphatic carbocycles. The quantitative estimate of drug-likeness (QED) is 0.850. The molecule has 0 bridgehead atoms. The summed E-state index contributed by atoms with van der Waals surface area (Å²) in [5.41, 5.74) is 9.46. The number of nitrogens with two attached hydrogens (primary N) is 1. The summed E-state index contributed by atoms with van der Waals surface area (Å²) in [4.78, 5) is 0. The van der Waals surface area contributed by atoms with Crippen LogP contribution in [0.4, 0.5) is 0 Å². The Morgan fingerprint density at radius 2 is 2.05 bits per heavy atom. The van der Waals surface area contributed by atoms with Gasteiger partial charge in [-0.2, -0.15) is 0 Å². The van der Waals surface area contributed by atoms with Gasteiger partial charge in [0, 0.05) is 5.54 Å². The highest BCUT2D eigenvalue weighted by molar-refractivity contribution is 5.31. The van der Waals surface area contributed by atoms with Crippen molar-refractivity contribution in [3.05, 3.63) is 35.4 Å². The minimum atomic E-state index is -0.112. The Morgan fingerprint density at radius 3 is 2.68 bits per heavy atom. The zero-order chi connectivity index (χ0) is 14.0. The maximum absolute atomic E-state index is 6.79. The van der Waals surface area contributed by atoms with Crippen LogP contribution in [0.15, 0.2) is 24.3 Å². The molecule has 2 rings (SSSR count). The molecule has 1 heteroatoms. The van der Waals surface area contributed by atoms with Gasteiger partial charge in [-0.3, -0.25) is 0 Å². The van der Waals surface area contributed by atoms with Gasteiger partial charge in [0.15, 0.2) is 0 Å². The predicted molar refractivity (Wildman–Crippen MR) is 83.0 cm³/mol. The highest BCUT2D eigenvalue weighted by Crippen LogP contribution is 2.41. The highest BCUT2D eigenvalue weighted by Gasteiger charge is 2.38. The lowest BCUT2D eigenvalue weighted by molar-refractivity contribution is 0.164. The molecular weight excluding hydrogens is 230 g/mol. The van der Waals surface area contributed by atoms with E-state index in [2.05, 4.69) is 52.0 Å². The molecule has 106 valence electrons.